The molecule has 0 radical (unpaired) electrons. The summed E-state index contributed by atoms with van der Waals surface area (Å²) in [6.07, 6.45) is 2.96. The zero-order valence-electron chi connectivity index (χ0n) is 15.5. The lowest BCUT2D eigenvalue weighted by atomic mass is 10.2. The van der Waals surface area contributed by atoms with E-state index in [9.17, 15) is 17.6 Å². The summed E-state index contributed by atoms with van der Waals surface area (Å²) in [7, 11) is -2.39. The highest BCUT2D eigenvalue weighted by Gasteiger charge is 2.37. The first kappa shape index (κ1) is 19.1. The number of hydrogen-bond acceptors (Lipinski definition) is 5. The van der Waals surface area contributed by atoms with E-state index >= 15 is 0 Å². The van der Waals surface area contributed by atoms with E-state index in [0.29, 0.717) is 17.2 Å². The van der Waals surface area contributed by atoms with E-state index < -0.39 is 16.0 Å². The zero-order chi connectivity index (χ0) is 20.6. The summed E-state index contributed by atoms with van der Waals surface area (Å²) in [6, 6.07) is 9.08. The van der Waals surface area contributed by atoms with Crippen molar-refractivity contribution in [2.24, 2.45) is 0 Å². The number of hydrogen-bond donors (Lipinski definition) is 1. The van der Waals surface area contributed by atoms with Crippen LogP contribution < -0.4 is 23.4 Å². The minimum absolute atomic E-state index is 0.0211. The van der Waals surface area contributed by atoms with Crippen molar-refractivity contribution in [3.63, 3.8) is 0 Å². The Morgan fingerprint density at radius 2 is 1.97 bits per heavy atom. The summed E-state index contributed by atoms with van der Waals surface area (Å²) >= 11 is 0. The highest BCUT2D eigenvalue weighted by atomic mass is 32.2. The summed E-state index contributed by atoms with van der Waals surface area (Å²) in [5, 5.41) is 2.63. The number of amides is 1. The summed E-state index contributed by atoms with van der Waals surface area (Å²) < 4.78 is 51.3. The fourth-order valence-electron chi connectivity index (χ4n) is 3.12. The molecule has 2 heterocycles. The van der Waals surface area contributed by atoms with Gasteiger partial charge in [0.05, 0.1) is 17.9 Å². The molecule has 8 nitrogen and oxygen atoms in total. The van der Waals surface area contributed by atoms with Gasteiger partial charge < -0.3 is 14.8 Å². The smallest absolute Gasteiger partial charge is 0.326 e. The number of rotatable bonds is 5. The van der Waals surface area contributed by atoms with E-state index in [1.165, 1.54) is 25.3 Å². The van der Waals surface area contributed by atoms with Gasteiger partial charge in [-0.15, -0.1) is 0 Å². The Balaban J connectivity index is 1.37. The van der Waals surface area contributed by atoms with Crippen molar-refractivity contribution in [2.45, 2.75) is 0 Å². The lowest BCUT2D eigenvalue weighted by Crippen LogP contribution is -2.40. The normalized spacial score (nSPS) is 16.3. The van der Waals surface area contributed by atoms with Crippen molar-refractivity contribution in [3.05, 3.63) is 53.9 Å². The van der Waals surface area contributed by atoms with Gasteiger partial charge in [0.15, 0.2) is 11.5 Å². The van der Waals surface area contributed by atoms with Crippen LogP contribution in [0.25, 0.3) is 6.08 Å². The Labute approximate surface area is 167 Å². The van der Waals surface area contributed by atoms with Gasteiger partial charge in [-0.25, -0.2) is 8.70 Å². The molecule has 0 saturated carbocycles. The number of carbonyl (C=O) groups excluding carboxylic acids is 1. The van der Waals surface area contributed by atoms with Crippen molar-refractivity contribution < 1.29 is 27.1 Å². The quantitative estimate of drug-likeness (QED) is 0.748. The van der Waals surface area contributed by atoms with E-state index in [4.69, 9.17) is 9.47 Å². The summed E-state index contributed by atoms with van der Waals surface area (Å²) in [5.74, 6) is 0.351. The molecule has 0 unspecified atom stereocenters. The first-order chi connectivity index (χ1) is 13.9. The Hall–Kier alpha value is -3.27. The molecule has 29 heavy (non-hydrogen) atoms. The van der Waals surface area contributed by atoms with Gasteiger partial charge in [-0.3, -0.25) is 9.10 Å². The molecule has 4 rings (SSSR count). The molecule has 2 aromatic carbocycles. The first-order valence-corrected chi connectivity index (χ1v) is 10.2. The van der Waals surface area contributed by atoms with Gasteiger partial charge in [0.25, 0.3) is 0 Å². The SMILES string of the molecule is CN1c2ccc(F)cc2N(CCNC(=O)/C=C/c2ccc3c(c2)OCO3)S1(=O)=O. The Morgan fingerprint density at radius 3 is 2.79 bits per heavy atom. The molecule has 0 aliphatic carbocycles. The maximum Gasteiger partial charge on any atom is 0.326 e. The number of fused-ring (bicyclic) bond motifs is 2. The molecule has 0 saturated heterocycles. The van der Waals surface area contributed by atoms with Crippen LogP contribution in [0.4, 0.5) is 15.8 Å². The standard InChI is InChI=1S/C19H18FN3O5S/c1-22-15-5-4-14(20)11-16(15)23(29(22,25)26)9-8-21-19(24)7-3-13-2-6-17-18(10-13)28-12-27-17/h2-7,10-11H,8-9,12H2,1H3,(H,21,24)/b7-3+. The maximum absolute atomic E-state index is 13.6. The van der Waals surface area contributed by atoms with Crippen molar-refractivity contribution in [1.82, 2.24) is 5.32 Å². The highest BCUT2D eigenvalue weighted by Crippen LogP contribution is 2.39. The van der Waals surface area contributed by atoms with Gasteiger partial charge >= 0.3 is 10.2 Å². The number of anilines is 2. The number of nitrogens with one attached hydrogen (secondary N) is 1. The van der Waals surface area contributed by atoms with Crippen LogP contribution in [0.1, 0.15) is 5.56 Å². The van der Waals surface area contributed by atoms with Gasteiger partial charge in [0.2, 0.25) is 12.7 Å². The summed E-state index contributed by atoms with van der Waals surface area (Å²) in [4.78, 5) is 12.1. The van der Waals surface area contributed by atoms with Gasteiger partial charge in [0, 0.05) is 25.7 Å². The van der Waals surface area contributed by atoms with Crippen LogP contribution >= 0.6 is 0 Å². The molecule has 0 atom stereocenters. The second kappa shape index (κ2) is 7.28. The van der Waals surface area contributed by atoms with Crippen molar-refractivity contribution in [3.8, 4) is 11.5 Å². The Bertz CT molecular complexity index is 1100. The molecule has 0 fully saturated rings. The van der Waals surface area contributed by atoms with Gasteiger partial charge in [-0.05, 0) is 35.9 Å². The lowest BCUT2D eigenvalue weighted by Gasteiger charge is -2.19. The number of benzene rings is 2. The van der Waals surface area contributed by atoms with Crippen LogP contribution in [-0.4, -0.2) is 41.3 Å². The Kier molecular flexibility index (Phi) is 4.79. The predicted octanol–water partition coefficient (Wildman–Crippen LogP) is 1.88. The molecule has 2 aromatic rings. The van der Waals surface area contributed by atoms with E-state index in [1.54, 1.807) is 24.3 Å². The molecule has 1 N–H and O–H groups in total. The monoisotopic (exact) mass is 419 g/mol. The number of ether oxygens (including phenoxy) is 2. The van der Waals surface area contributed by atoms with Crippen LogP contribution in [0, 0.1) is 5.82 Å². The largest absolute Gasteiger partial charge is 0.454 e. The third-order valence-corrected chi connectivity index (χ3v) is 6.43. The lowest BCUT2D eigenvalue weighted by molar-refractivity contribution is -0.116. The molecule has 0 bridgehead atoms. The second-order valence-corrected chi connectivity index (χ2v) is 8.30. The number of carbonyl (C=O) groups is 1. The molecule has 152 valence electrons. The third kappa shape index (κ3) is 3.58. The fraction of sp³-hybridized carbons (Fsp3) is 0.211. The molecule has 1 amide bonds. The van der Waals surface area contributed by atoms with Crippen molar-refractivity contribution in [2.75, 3.05) is 35.5 Å². The molecular weight excluding hydrogens is 401 g/mol. The highest BCUT2D eigenvalue weighted by molar-refractivity contribution is 7.94. The topological polar surface area (TPSA) is 88.2 Å². The molecule has 10 heteroatoms. The average molecular weight is 419 g/mol. The fourth-order valence-corrected chi connectivity index (χ4v) is 4.54. The second-order valence-electron chi connectivity index (χ2n) is 6.42. The molecule has 2 aliphatic heterocycles. The van der Waals surface area contributed by atoms with E-state index in [2.05, 4.69) is 5.32 Å². The maximum atomic E-state index is 13.6. The molecule has 2 aliphatic rings. The number of nitrogens with zero attached hydrogens (tertiary/aromatic N) is 2. The van der Waals surface area contributed by atoms with Crippen LogP contribution in [0.3, 0.4) is 0 Å². The average Bonchev–Trinajstić information content (AvgIpc) is 3.22. The minimum Gasteiger partial charge on any atom is -0.454 e. The van der Waals surface area contributed by atoms with Crippen molar-refractivity contribution >= 4 is 33.6 Å². The van der Waals surface area contributed by atoms with Crippen LogP contribution in [0.15, 0.2) is 42.5 Å². The third-order valence-electron chi connectivity index (χ3n) is 4.61. The molecule has 0 spiro atoms. The van der Waals surface area contributed by atoms with Crippen molar-refractivity contribution in [1.29, 1.82) is 0 Å². The van der Waals surface area contributed by atoms with Crippen LogP contribution in [0.2, 0.25) is 0 Å². The molecular formula is C19H18FN3O5S. The van der Waals surface area contributed by atoms with Crippen LogP contribution in [-0.2, 0) is 15.0 Å². The van der Waals surface area contributed by atoms with E-state index in [1.807, 2.05) is 0 Å². The van der Waals surface area contributed by atoms with Gasteiger partial charge in [0.1, 0.15) is 5.82 Å². The van der Waals surface area contributed by atoms with E-state index in [-0.39, 0.29) is 31.5 Å². The zero-order valence-corrected chi connectivity index (χ0v) is 16.3. The van der Waals surface area contributed by atoms with E-state index in [0.717, 1.165) is 20.2 Å². The minimum atomic E-state index is -3.80. The first-order valence-electron chi connectivity index (χ1n) is 8.78. The summed E-state index contributed by atoms with van der Waals surface area (Å²) in [5.41, 5.74) is 1.40. The predicted molar refractivity (Wildman–Crippen MR) is 106 cm³/mol. The van der Waals surface area contributed by atoms with Crippen LogP contribution in [0.5, 0.6) is 11.5 Å². The summed E-state index contributed by atoms with van der Waals surface area (Å²) in [6.45, 7) is 0.213. The Morgan fingerprint density at radius 1 is 1.17 bits per heavy atom. The molecule has 0 aromatic heterocycles. The van der Waals surface area contributed by atoms with Gasteiger partial charge in [-0.2, -0.15) is 8.42 Å². The number of halogens is 1. The van der Waals surface area contributed by atoms with Gasteiger partial charge in [-0.1, -0.05) is 6.07 Å².